The predicted molar refractivity (Wildman–Crippen MR) is 95.3 cm³/mol. The fraction of sp³-hybridized carbons (Fsp3) is 0.429. The highest BCUT2D eigenvalue weighted by Crippen LogP contribution is 2.35. The fourth-order valence-electron chi connectivity index (χ4n) is 2.65. The molecule has 2 aromatic rings. The van der Waals surface area contributed by atoms with Gasteiger partial charge < -0.3 is 30.5 Å². The van der Waals surface area contributed by atoms with Crippen LogP contribution in [0.5, 0.6) is 5.75 Å². The van der Waals surface area contributed by atoms with Crippen molar-refractivity contribution in [2.24, 2.45) is 0 Å². The van der Waals surface area contributed by atoms with E-state index in [4.69, 9.17) is 14.5 Å². The molecule has 0 spiro atoms. The summed E-state index contributed by atoms with van der Waals surface area (Å²) in [4.78, 5) is 34.7. The summed E-state index contributed by atoms with van der Waals surface area (Å²) < 4.78 is 17.2. The maximum absolute atomic E-state index is 12.4. The highest BCUT2D eigenvalue weighted by molar-refractivity contribution is 7.51. The van der Waals surface area contributed by atoms with Crippen LogP contribution in [0, 0.1) is 0 Å². The summed E-state index contributed by atoms with van der Waals surface area (Å²) in [5.41, 5.74) is 0.696. The van der Waals surface area contributed by atoms with Crippen molar-refractivity contribution in [1.29, 1.82) is 0 Å². The second kappa shape index (κ2) is 7.36. The zero-order chi connectivity index (χ0) is 18.0. The lowest BCUT2D eigenvalue weighted by molar-refractivity contribution is -0.118. The molecule has 3 rings (SSSR count). The third kappa shape index (κ3) is 4.55. The Bertz CT molecular complexity index is 815. The molecule has 2 atom stereocenters. The summed E-state index contributed by atoms with van der Waals surface area (Å²) in [5.74, 6) is 0.395. The third-order valence-electron chi connectivity index (χ3n) is 3.83. The maximum Gasteiger partial charge on any atom is 0.327 e. The second-order valence-corrected chi connectivity index (χ2v) is 8.45. The number of rotatable bonds is 5. The number of thiazole rings is 1. The lowest BCUT2D eigenvalue weighted by Crippen LogP contribution is -2.59. The highest BCUT2D eigenvalue weighted by atomic mass is 32.1. The minimum absolute atomic E-state index is 0.250. The highest BCUT2D eigenvalue weighted by Gasteiger charge is 2.29. The predicted octanol–water partition coefficient (Wildman–Crippen LogP) is 0.351. The molecule has 9 nitrogen and oxygen atoms in total. The van der Waals surface area contributed by atoms with Crippen LogP contribution in [0.2, 0.25) is 0 Å². The summed E-state index contributed by atoms with van der Waals surface area (Å²) in [6.07, 6.45) is -0.258. The van der Waals surface area contributed by atoms with E-state index in [0.29, 0.717) is 22.9 Å². The third-order valence-corrected chi connectivity index (χ3v) is 5.68. The number of amides is 1. The molecule has 1 saturated heterocycles. The van der Waals surface area contributed by atoms with Gasteiger partial charge in [-0.1, -0.05) is 17.4 Å². The van der Waals surface area contributed by atoms with Crippen molar-refractivity contribution in [3.05, 3.63) is 18.2 Å². The van der Waals surface area contributed by atoms with Crippen LogP contribution in [0.25, 0.3) is 10.2 Å². The lowest BCUT2D eigenvalue weighted by Gasteiger charge is -2.30. The van der Waals surface area contributed by atoms with Crippen LogP contribution >= 0.6 is 18.9 Å². The molecule has 1 aliphatic rings. The largest absolute Gasteiger partial charge is 0.494 e. The van der Waals surface area contributed by atoms with Gasteiger partial charge in [0.15, 0.2) is 5.13 Å². The van der Waals surface area contributed by atoms with Gasteiger partial charge in [0.05, 0.1) is 24.0 Å². The van der Waals surface area contributed by atoms with Gasteiger partial charge in [0.1, 0.15) is 11.3 Å². The molecule has 25 heavy (non-hydrogen) atoms. The lowest BCUT2D eigenvalue weighted by atomic mass is 10.1. The van der Waals surface area contributed by atoms with Gasteiger partial charge in [-0.3, -0.25) is 9.36 Å². The van der Waals surface area contributed by atoms with Crippen LogP contribution in [-0.4, -0.2) is 59.1 Å². The molecular formula is C14H19N4O5PS. The molecule has 1 amide bonds. The van der Waals surface area contributed by atoms with Gasteiger partial charge in [0, 0.05) is 19.1 Å². The fourth-order valence-corrected chi connectivity index (χ4v) is 4.37. The van der Waals surface area contributed by atoms with E-state index < -0.39 is 13.6 Å². The van der Waals surface area contributed by atoms with Gasteiger partial charge in [-0.25, -0.2) is 4.98 Å². The molecule has 1 aromatic heterocycles. The van der Waals surface area contributed by atoms with Gasteiger partial charge in [-0.15, -0.1) is 0 Å². The van der Waals surface area contributed by atoms with Crippen molar-refractivity contribution in [2.45, 2.75) is 12.1 Å². The van der Waals surface area contributed by atoms with Gasteiger partial charge in [0.25, 0.3) is 0 Å². The van der Waals surface area contributed by atoms with E-state index in [2.05, 4.69) is 20.9 Å². The standard InChI is InChI=1S/C14H19N4O5PS/c1-23-10-3-2-4-11-12(10)17-14(25-11)18-13(19)9-6-15-8(5-16-9)7-24(20,21)22/h2-4,8-9,15-16H,5-7H2,1H3,(H,17,18,19)(H2,20,21,22). The van der Waals surface area contributed by atoms with E-state index in [-0.39, 0.29) is 24.7 Å². The first kappa shape index (κ1) is 18.2. The molecule has 2 unspecified atom stereocenters. The normalized spacial score (nSPS) is 21.2. The number of para-hydroxylation sites is 1. The average Bonchev–Trinajstić information content (AvgIpc) is 2.96. The molecule has 11 heteroatoms. The van der Waals surface area contributed by atoms with Gasteiger partial charge in [0.2, 0.25) is 5.91 Å². The number of piperazine rings is 1. The van der Waals surface area contributed by atoms with E-state index in [9.17, 15) is 9.36 Å². The molecule has 5 N–H and O–H groups in total. The molecule has 0 radical (unpaired) electrons. The number of hydrogen-bond donors (Lipinski definition) is 5. The van der Waals surface area contributed by atoms with Crippen LogP contribution in [0.4, 0.5) is 5.13 Å². The monoisotopic (exact) mass is 386 g/mol. The number of carbonyl (C=O) groups excluding carboxylic acids is 1. The Morgan fingerprint density at radius 2 is 2.24 bits per heavy atom. The molecule has 0 saturated carbocycles. The van der Waals surface area contributed by atoms with E-state index in [1.54, 1.807) is 13.2 Å². The minimum Gasteiger partial charge on any atom is -0.494 e. The Hall–Kier alpha value is -1.55. The van der Waals surface area contributed by atoms with Crippen molar-refractivity contribution in [3.8, 4) is 5.75 Å². The number of nitrogens with zero attached hydrogens (tertiary/aromatic N) is 1. The average molecular weight is 386 g/mol. The number of fused-ring (bicyclic) bond motifs is 1. The zero-order valence-corrected chi connectivity index (χ0v) is 15.1. The minimum atomic E-state index is -4.08. The Morgan fingerprint density at radius 1 is 1.44 bits per heavy atom. The number of carbonyl (C=O) groups is 1. The van der Waals surface area contributed by atoms with E-state index >= 15 is 0 Å². The first-order valence-electron chi connectivity index (χ1n) is 7.61. The van der Waals surface area contributed by atoms with Crippen LogP contribution in [-0.2, 0) is 9.36 Å². The first-order valence-corrected chi connectivity index (χ1v) is 10.2. The van der Waals surface area contributed by atoms with Crippen LogP contribution < -0.4 is 20.7 Å². The summed E-state index contributed by atoms with van der Waals surface area (Å²) in [6.45, 7) is 0.585. The number of nitrogens with one attached hydrogen (secondary N) is 3. The maximum atomic E-state index is 12.4. The van der Waals surface area contributed by atoms with Crippen LogP contribution in [0.1, 0.15) is 0 Å². The van der Waals surface area contributed by atoms with Gasteiger partial charge >= 0.3 is 7.60 Å². The zero-order valence-electron chi connectivity index (χ0n) is 13.4. The molecule has 1 aromatic carbocycles. The Morgan fingerprint density at radius 3 is 2.88 bits per heavy atom. The SMILES string of the molecule is COc1cccc2sc(NC(=O)C3CNC(CP(=O)(O)O)CN3)nc12. The van der Waals surface area contributed by atoms with E-state index in [1.807, 2.05) is 12.1 Å². The van der Waals surface area contributed by atoms with Crippen LogP contribution in [0.3, 0.4) is 0 Å². The molecule has 1 aliphatic heterocycles. The van der Waals surface area contributed by atoms with Gasteiger partial charge in [-0.05, 0) is 12.1 Å². The Kier molecular flexibility index (Phi) is 5.38. The quantitative estimate of drug-likeness (QED) is 0.465. The Labute approximate surface area is 147 Å². The number of aromatic nitrogens is 1. The van der Waals surface area contributed by atoms with Crippen molar-refractivity contribution >= 4 is 40.2 Å². The summed E-state index contributed by atoms with van der Waals surface area (Å²) in [7, 11) is -2.51. The number of anilines is 1. The summed E-state index contributed by atoms with van der Waals surface area (Å²) in [6, 6.07) is 4.71. The van der Waals surface area contributed by atoms with Crippen molar-refractivity contribution < 1.29 is 23.9 Å². The summed E-state index contributed by atoms with van der Waals surface area (Å²) >= 11 is 1.35. The molecular weight excluding hydrogens is 367 g/mol. The number of benzene rings is 1. The topological polar surface area (TPSA) is 133 Å². The van der Waals surface area contributed by atoms with Crippen molar-refractivity contribution in [3.63, 3.8) is 0 Å². The van der Waals surface area contributed by atoms with Crippen molar-refractivity contribution in [2.75, 3.05) is 31.7 Å². The molecule has 136 valence electrons. The van der Waals surface area contributed by atoms with E-state index in [1.165, 1.54) is 11.3 Å². The molecule has 0 aliphatic carbocycles. The number of ether oxygens (including phenoxy) is 1. The van der Waals surface area contributed by atoms with E-state index in [0.717, 1.165) is 4.70 Å². The van der Waals surface area contributed by atoms with Crippen LogP contribution in [0.15, 0.2) is 18.2 Å². The number of hydrogen-bond acceptors (Lipinski definition) is 7. The van der Waals surface area contributed by atoms with Crippen molar-refractivity contribution in [1.82, 2.24) is 15.6 Å². The Balaban J connectivity index is 1.61. The first-order chi connectivity index (χ1) is 11.9. The summed E-state index contributed by atoms with van der Waals surface area (Å²) in [5, 5.41) is 9.24. The smallest absolute Gasteiger partial charge is 0.327 e. The molecule has 2 heterocycles. The molecule has 1 fully saturated rings. The number of methoxy groups -OCH3 is 1. The van der Waals surface area contributed by atoms with Gasteiger partial charge in [-0.2, -0.15) is 0 Å². The molecule has 0 bridgehead atoms. The second-order valence-electron chi connectivity index (χ2n) is 5.73.